The maximum atomic E-state index is 11.8. The smallest absolute Gasteiger partial charge is 0.251 e. The van der Waals surface area contributed by atoms with Gasteiger partial charge in [-0.25, -0.2) is 9.97 Å². The molecule has 8 heteroatoms. The molecule has 2 aromatic carbocycles. The molecule has 0 saturated heterocycles. The van der Waals surface area contributed by atoms with E-state index in [-0.39, 0.29) is 5.91 Å². The minimum atomic E-state index is -0.146. The Morgan fingerprint density at radius 2 is 2.03 bits per heavy atom. The van der Waals surface area contributed by atoms with Crippen molar-refractivity contribution < 1.29 is 9.53 Å². The molecule has 0 radical (unpaired) electrons. The summed E-state index contributed by atoms with van der Waals surface area (Å²) in [6, 6.07) is 13.3. The molecule has 0 bridgehead atoms. The van der Waals surface area contributed by atoms with Crippen LogP contribution in [0.1, 0.15) is 21.5 Å². The van der Waals surface area contributed by atoms with Gasteiger partial charge in [-0.15, -0.1) is 0 Å². The first-order valence-electron chi connectivity index (χ1n) is 9.36. The third kappa shape index (κ3) is 3.96. The van der Waals surface area contributed by atoms with Gasteiger partial charge in [0.25, 0.3) is 5.91 Å². The van der Waals surface area contributed by atoms with E-state index in [2.05, 4.69) is 36.6 Å². The highest BCUT2D eigenvalue weighted by molar-refractivity contribution is 5.95. The molecule has 0 atom stereocenters. The summed E-state index contributed by atoms with van der Waals surface area (Å²) >= 11 is 0. The van der Waals surface area contributed by atoms with Gasteiger partial charge >= 0.3 is 0 Å². The lowest BCUT2D eigenvalue weighted by Crippen LogP contribution is -2.32. The molecule has 2 N–H and O–H groups in total. The number of ether oxygens (including phenoxy) is 1. The van der Waals surface area contributed by atoms with Crippen molar-refractivity contribution in [2.24, 2.45) is 0 Å². The van der Waals surface area contributed by atoms with Gasteiger partial charge in [0.15, 0.2) is 0 Å². The number of nitrogens with zero attached hydrogens (tertiary/aromatic N) is 4. The standard InChI is InChI=1S/C21H22N6O2/c1-22-19(28)14-5-3-7-16(11-14)25-20-23-13-24-21(26-20)27-10-9-17-15(12-27)6-4-8-18(17)29-2/h3-8,11,13H,9-10,12H2,1-2H3,(H,22,28)(H,23,24,25,26). The normalized spacial score (nSPS) is 12.8. The van der Waals surface area contributed by atoms with E-state index in [1.165, 1.54) is 17.5 Å². The number of anilines is 3. The van der Waals surface area contributed by atoms with E-state index in [4.69, 9.17) is 4.74 Å². The van der Waals surface area contributed by atoms with Crippen LogP contribution in [-0.2, 0) is 13.0 Å². The average Bonchev–Trinajstić information content (AvgIpc) is 2.78. The van der Waals surface area contributed by atoms with Crippen molar-refractivity contribution in [1.29, 1.82) is 0 Å². The molecule has 1 aliphatic rings. The predicted octanol–water partition coefficient (Wildman–Crippen LogP) is 2.55. The van der Waals surface area contributed by atoms with Gasteiger partial charge in [0.1, 0.15) is 12.1 Å². The van der Waals surface area contributed by atoms with Crippen LogP contribution >= 0.6 is 0 Å². The summed E-state index contributed by atoms with van der Waals surface area (Å²) in [5.41, 5.74) is 3.75. The summed E-state index contributed by atoms with van der Waals surface area (Å²) in [6.07, 6.45) is 2.36. The fourth-order valence-corrected chi connectivity index (χ4v) is 3.45. The highest BCUT2D eigenvalue weighted by Gasteiger charge is 2.21. The quantitative estimate of drug-likeness (QED) is 0.692. The molecule has 0 aliphatic carbocycles. The van der Waals surface area contributed by atoms with Crippen molar-refractivity contribution in [3.05, 3.63) is 65.5 Å². The summed E-state index contributed by atoms with van der Waals surface area (Å²) in [5, 5.41) is 5.77. The van der Waals surface area contributed by atoms with Crippen molar-refractivity contribution in [1.82, 2.24) is 20.3 Å². The molecule has 0 saturated carbocycles. The summed E-state index contributed by atoms with van der Waals surface area (Å²) in [7, 11) is 3.30. The minimum absolute atomic E-state index is 0.146. The van der Waals surface area contributed by atoms with E-state index in [0.717, 1.165) is 24.4 Å². The fraction of sp³-hybridized carbons (Fsp3) is 0.238. The summed E-state index contributed by atoms with van der Waals surface area (Å²) in [4.78, 5) is 27.1. The Morgan fingerprint density at radius 1 is 1.17 bits per heavy atom. The van der Waals surface area contributed by atoms with Crippen molar-refractivity contribution >= 4 is 23.5 Å². The van der Waals surface area contributed by atoms with Crippen LogP contribution in [0.25, 0.3) is 0 Å². The molecular formula is C21H22N6O2. The van der Waals surface area contributed by atoms with Crippen LogP contribution < -0.4 is 20.3 Å². The highest BCUT2D eigenvalue weighted by Crippen LogP contribution is 2.29. The van der Waals surface area contributed by atoms with Crippen LogP contribution in [0.3, 0.4) is 0 Å². The number of fused-ring (bicyclic) bond motifs is 1. The van der Waals surface area contributed by atoms with Gasteiger partial charge < -0.3 is 20.3 Å². The molecule has 1 amide bonds. The van der Waals surface area contributed by atoms with E-state index in [9.17, 15) is 4.79 Å². The Labute approximate surface area is 169 Å². The predicted molar refractivity (Wildman–Crippen MR) is 111 cm³/mol. The maximum Gasteiger partial charge on any atom is 0.251 e. The minimum Gasteiger partial charge on any atom is -0.496 e. The monoisotopic (exact) mass is 390 g/mol. The third-order valence-corrected chi connectivity index (χ3v) is 4.89. The second kappa shape index (κ2) is 8.14. The highest BCUT2D eigenvalue weighted by atomic mass is 16.5. The number of carbonyl (C=O) groups is 1. The Kier molecular flexibility index (Phi) is 5.24. The largest absolute Gasteiger partial charge is 0.496 e. The van der Waals surface area contributed by atoms with Gasteiger partial charge in [0.2, 0.25) is 11.9 Å². The SMILES string of the molecule is CNC(=O)c1cccc(Nc2ncnc(N3CCc4c(cccc4OC)C3)n2)c1. The van der Waals surface area contributed by atoms with Gasteiger partial charge in [-0.3, -0.25) is 4.79 Å². The van der Waals surface area contributed by atoms with Crippen molar-refractivity contribution in [3.8, 4) is 5.75 Å². The molecular weight excluding hydrogens is 368 g/mol. The molecule has 29 heavy (non-hydrogen) atoms. The van der Waals surface area contributed by atoms with Crippen molar-refractivity contribution in [2.45, 2.75) is 13.0 Å². The zero-order valence-electron chi connectivity index (χ0n) is 16.3. The Bertz CT molecular complexity index is 1040. The molecule has 1 aliphatic heterocycles. The maximum absolute atomic E-state index is 11.8. The number of aromatic nitrogens is 3. The van der Waals surface area contributed by atoms with Crippen LogP contribution in [0.5, 0.6) is 5.75 Å². The molecule has 8 nitrogen and oxygen atoms in total. The Morgan fingerprint density at radius 3 is 2.86 bits per heavy atom. The number of amides is 1. The van der Waals surface area contributed by atoms with Gasteiger partial charge in [0.05, 0.1) is 7.11 Å². The summed E-state index contributed by atoms with van der Waals surface area (Å²) < 4.78 is 5.48. The fourth-order valence-electron chi connectivity index (χ4n) is 3.45. The lowest BCUT2D eigenvalue weighted by molar-refractivity contribution is 0.0963. The van der Waals surface area contributed by atoms with E-state index in [1.807, 2.05) is 24.3 Å². The molecule has 4 rings (SSSR count). The number of hydrogen-bond donors (Lipinski definition) is 2. The van der Waals surface area contributed by atoms with E-state index >= 15 is 0 Å². The summed E-state index contributed by atoms with van der Waals surface area (Å²) in [5.74, 6) is 1.82. The molecule has 148 valence electrons. The van der Waals surface area contributed by atoms with Crippen LogP contribution in [0, 0.1) is 0 Å². The van der Waals surface area contributed by atoms with Crippen molar-refractivity contribution in [2.75, 3.05) is 30.9 Å². The first kappa shape index (κ1) is 18.7. The number of carbonyl (C=O) groups excluding carboxylic acids is 1. The van der Waals surface area contributed by atoms with Gasteiger partial charge in [-0.05, 0) is 36.2 Å². The zero-order chi connectivity index (χ0) is 20.2. The number of methoxy groups -OCH3 is 1. The molecule has 3 aromatic rings. The topological polar surface area (TPSA) is 92.3 Å². The summed E-state index contributed by atoms with van der Waals surface area (Å²) in [6.45, 7) is 1.51. The molecule has 0 fully saturated rings. The zero-order valence-corrected chi connectivity index (χ0v) is 16.3. The van der Waals surface area contributed by atoms with Crippen LogP contribution in [0.4, 0.5) is 17.6 Å². The third-order valence-electron chi connectivity index (χ3n) is 4.89. The Balaban J connectivity index is 1.53. The van der Waals surface area contributed by atoms with Crippen LogP contribution in [0.15, 0.2) is 48.8 Å². The second-order valence-corrected chi connectivity index (χ2v) is 6.66. The average molecular weight is 390 g/mol. The number of rotatable bonds is 5. The molecule has 0 unspecified atom stereocenters. The van der Waals surface area contributed by atoms with Crippen LogP contribution in [-0.4, -0.2) is 41.6 Å². The second-order valence-electron chi connectivity index (χ2n) is 6.66. The van der Waals surface area contributed by atoms with Crippen molar-refractivity contribution in [3.63, 3.8) is 0 Å². The lowest BCUT2D eigenvalue weighted by atomic mass is 9.99. The van der Waals surface area contributed by atoms with Gasteiger partial charge in [0, 0.05) is 37.0 Å². The van der Waals surface area contributed by atoms with E-state index in [1.54, 1.807) is 26.3 Å². The number of nitrogens with one attached hydrogen (secondary N) is 2. The first-order chi connectivity index (χ1) is 14.2. The Hall–Kier alpha value is -3.68. The van der Waals surface area contributed by atoms with Gasteiger partial charge in [-0.2, -0.15) is 4.98 Å². The van der Waals surface area contributed by atoms with E-state index in [0.29, 0.717) is 24.0 Å². The number of hydrogen-bond acceptors (Lipinski definition) is 7. The molecule has 1 aromatic heterocycles. The van der Waals surface area contributed by atoms with Gasteiger partial charge in [-0.1, -0.05) is 18.2 Å². The van der Waals surface area contributed by atoms with Crippen LogP contribution in [0.2, 0.25) is 0 Å². The molecule has 2 heterocycles. The number of benzene rings is 2. The first-order valence-corrected chi connectivity index (χ1v) is 9.36. The lowest BCUT2D eigenvalue weighted by Gasteiger charge is -2.29. The van der Waals surface area contributed by atoms with E-state index < -0.39 is 0 Å². The molecule has 0 spiro atoms.